The van der Waals surface area contributed by atoms with Gasteiger partial charge >= 0.3 is 5.97 Å². The molecule has 0 aliphatic carbocycles. The molecule has 3 N–H and O–H groups in total. The second-order valence-electron chi connectivity index (χ2n) is 3.66. The third-order valence-corrected chi connectivity index (χ3v) is 2.44. The van der Waals surface area contributed by atoms with Crippen LogP contribution in [-0.4, -0.2) is 50.5 Å². The van der Waals surface area contributed by atoms with Crippen LogP contribution in [-0.2, 0) is 4.79 Å². The van der Waals surface area contributed by atoms with Crippen molar-refractivity contribution in [3.63, 3.8) is 0 Å². The Bertz CT molecular complexity index is 299. The Morgan fingerprint density at radius 2 is 2.33 bits per heavy atom. The third-order valence-electron chi connectivity index (χ3n) is 2.44. The lowest BCUT2D eigenvalue weighted by atomic mass is 9.85. The van der Waals surface area contributed by atoms with Crippen molar-refractivity contribution in [3.8, 4) is 0 Å². The fraction of sp³-hybridized carbons (Fsp3) is 0.600. The smallest absolute Gasteiger partial charge is 0.316 e. The molecular formula is C10H17N3O2. The highest BCUT2D eigenvalue weighted by Crippen LogP contribution is 2.22. The van der Waals surface area contributed by atoms with Gasteiger partial charge in [0.2, 0.25) is 0 Å². The monoisotopic (exact) mass is 211 g/mol. The van der Waals surface area contributed by atoms with E-state index in [9.17, 15) is 4.79 Å². The number of nitrogens with one attached hydrogen (secondary N) is 2. The van der Waals surface area contributed by atoms with E-state index in [2.05, 4.69) is 15.6 Å². The predicted molar refractivity (Wildman–Crippen MR) is 59.4 cm³/mol. The van der Waals surface area contributed by atoms with Crippen LogP contribution in [0.1, 0.15) is 0 Å². The molecule has 1 unspecified atom stereocenters. The minimum atomic E-state index is -0.883. The van der Waals surface area contributed by atoms with Gasteiger partial charge in [0.1, 0.15) is 5.41 Å². The lowest BCUT2D eigenvalue weighted by Crippen LogP contribution is -2.43. The van der Waals surface area contributed by atoms with Crippen molar-refractivity contribution in [1.29, 1.82) is 0 Å². The molecule has 5 heteroatoms. The van der Waals surface area contributed by atoms with Crippen molar-refractivity contribution in [1.82, 2.24) is 10.6 Å². The van der Waals surface area contributed by atoms with Crippen molar-refractivity contribution < 1.29 is 9.90 Å². The van der Waals surface area contributed by atoms with Crippen molar-refractivity contribution in [2.75, 3.05) is 33.7 Å². The molecule has 0 radical (unpaired) electrons. The standard InChI is InChI=1S/C10H17N3O2/c1-11-5-8-3-4-10(6-12-2,7-13-8)9(14)15/h3-4,11-12H,5-7H2,1-2H3,(H,14,15). The summed E-state index contributed by atoms with van der Waals surface area (Å²) < 4.78 is 0. The van der Waals surface area contributed by atoms with E-state index in [1.165, 1.54) is 0 Å². The Hall–Kier alpha value is -1.20. The molecule has 84 valence electrons. The second-order valence-corrected chi connectivity index (χ2v) is 3.66. The molecule has 0 aromatic carbocycles. The average Bonchev–Trinajstić information content (AvgIpc) is 2.21. The lowest BCUT2D eigenvalue weighted by Gasteiger charge is -2.26. The Labute approximate surface area is 89.3 Å². The summed E-state index contributed by atoms with van der Waals surface area (Å²) in [7, 11) is 3.58. The van der Waals surface area contributed by atoms with Crippen molar-refractivity contribution in [2.45, 2.75) is 0 Å². The lowest BCUT2D eigenvalue weighted by molar-refractivity contribution is -0.145. The minimum Gasteiger partial charge on any atom is -0.481 e. The molecule has 0 bridgehead atoms. The number of carbonyl (C=O) groups is 1. The fourth-order valence-corrected chi connectivity index (χ4v) is 1.54. The summed E-state index contributed by atoms with van der Waals surface area (Å²) in [6.07, 6.45) is 3.51. The largest absolute Gasteiger partial charge is 0.481 e. The molecule has 1 aliphatic heterocycles. The first-order valence-corrected chi connectivity index (χ1v) is 4.90. The number of dihydropyridines is 1. The molecule has 0 saturated carbocycles. The number of carboxylic acid groups (broad SMARTS) is 1. The molecular weight excluding hydrogens is 194 g/mol. The molecule has 0 aromatic rings. The Balaban J connectivity index is 2.75. The highest BCUT2D eigenvalue weighted by molar-refractivity contribution is 5.98. The van der Waals surface area contributed by atoms with Gasteiger partial charge in [0.25, 0.3) is 0 Å². The summed E-state index contributed by atoms with van der Waals surface area (Å²) in [6, 6.07) is 0. The van der Waals surface area contributed by atoms with Crippen LogP contribution >= 0.6 is 0 Å². The fourth-order valence-electron chi connectivity index (χ4n) is 1.54. The van der Waals surface area contributed by atoms with Gasteiger partial charge in [-0.3, -0.25) is 9.79 Å². The molecule has 1 rings (SSSR count). The van der Waals surface area contributed by atoms with E-state index >= 15 is 0 Å². The van der Waals surface area contributed by atoms with Gasteiger partial charge in [0.15, 0.2) is 0 Å². The van der Waals surface area contributed by atoms with E-state index in [0.29, 0.717) is 19.6 Å². The second kappa shape index (κ2) is 5.04. The van der Waals surface area contributed by atoms with Gasteiger partial charge in [0.05, 0.1) is 6.54 Å². The number of aliphatic imine (C=N–C) groups is 1. The van der Waals surface area contributed by atoms with Gasteiger partial charge in [-0.05, 0) is 20.2 Å². The van der Waals surface area contributed by atoms with E-state index in [-0.39, 0.29) is 0 Å². The normalized spacial score (nSPS) is 25.1. The van der Waals surface area contributed by atoms with Gasteiger partial charge < -0.3 is 15.7 Å². The number of hydrogen-bond acceptors (Lipinski definition) is 4. The van der Waals surface area contributed by atoms with E-state index in [1.54, 1.807) is 19.2 Å². The maximum Gasteiger partial charge on any atom is 0.316 e. The third kappa shape index (κ3) is 2.64. The summed E-state index contributed by atoms with van der Waals surface area (Å²) in [5.74, 6) is -0.833. The molecule has 5 nitrogen and oxygen atoms in total. The Morgan fingerprint density at radius 3 is 2.73 bits per heavy atom. The Kier molecular flexibility index (Phi) is 3.99. The van der Waals surface area contributed by atoms with Gasteiger partial charge in [-0.25, -0.2) is 0 Å². The summed E-state index contributed by atoms with van der Waals surface area (Å²) in [5.41, 5.74) is 0.0110. The SMILES string of the molecule is CNCC1=NCC(CNC)(C(=O)O)C=C1. The van der Waals surface area contributed by atoms with E-state index in [1.807, 2.05) is 7.05 Å². The summed E-state index contributed by atoms with van der Waals surface area (Å²) in [5, 5.41) is 15.0. The Morgan fingerprint density at radius 1 is 1.60 bits per heavy atom. The summed E-state index contributed by atoms with van der Waals surface area (Å²) in [4.78, 5) is 15.4. The highest BCUT2D eigenvalue weighted by atomic mass is 16.4. The van der Waals surface area contributed by atoms with Crippen LogP contribution in [0.5, 0.6) is 0 Å². The topological polar surface area (TPSA) is 73.7 Å². The quantitative estimate of drug-likeness (QED) is 0.573. The molecule has 1 aliphatic rings. The first kappa shape index (κ1) is 11.9. The zero-order valence-corrected chi connectivity index (χ0v) is 9.08. The zero-order valence-electron chi connectivity index (χ0n) is 9.08. The van der Waals surface area contributed by atoms with Gasteiger partial charge in [-0.15, -0.1) is 0 Å². The van der Waals surface area contributed by atoms with Gasteiger partial charge in [-0.2, -0.15) is 0 Å². The average molecular weight is 211 g/mol. The predicted octanol–water partition coefficient (Wildman–Crippen LogP) is -0.493. The van der Waals surface area contributed by atoms with Gasteiger partial charge in [-0.1, -0.05) is 6.08 Å². The molecule has 1 heterocycles. The number of rotatable bonds is 5. The zero-order chi connectivity index (χ0) is 11.3. The van der Waals surface area contributed by atoms with Crippen LogP contribution in [0.4, 0.5) is 0 Å². The number of nitrogens with zero attached hydrogens (tertiary/aromatic N) is 1. The number of aliphatic carboxylic acids is 1. The first-order chi connectivity index (χ1) is 7.14. The van der Waals surface area contributed by atoms with E-state index in [0.717, 1.165) is 5.71 Å². The van der Waals surface area contributed by atoms with Crippen molar-refractivity contribution in [3.05, 3.63) is 12.2 Å². The molecule has 1 atom stereocenters. The van der Waals surface area contributed by atoms with E-state index in [4.69, 9.17) is 5.11 Å². The maximum atomic E-state index is 11.2. The van der Waals surface area contributed by atoms with Crippen molar-refractivity contribution in [2.24, 2.45) is 10.4 Å². The van der Waals surface area contributed by atoms with E-state index < -0.39 is 11.4 Å². The van der Waals surface area contributed by atoms with Crippen LogP contribution in [0.25, 0.3) is 0 Å². The molecule has 15 heavy (non-hydrogen) atoms. The van der Waals surface area contributed by atoms with Crippen LogP contribution in [0, 0.1) is 5.41 Å². The maximum absolute atomic E-state index is 11.2. The molecule has 0 fully saturated rings. The summed E-state index contributed by atoms with van der Waals surface area (Å²) >= 11 is 0. The number of hydrogen-bond donors (Lipinski definition) is 3. The molecule has 0 saturated heterocycles. The first-order valence-electron chi connectivity index (χ1n) is 4.90. The van der Waals surface area contributed by atoms with Crippen LogP contribution in [0.3, 0.4) is 0 Å². The molecule has 0 spiro atoms. The minimum absolute atomic E-state index is 0.302. The molecule has 0 amide bonds. The van der Waals surface area contributed by atoms with Gasteiger partial charge in [0, 0.05) is 18.8 Å². The van der Waals surface area contributed by atoms with Crippen LogP contribution in [0.2, 0.25) is 0 Å². The van der Waals surface area contributed by atoms with Crippen LogP contribution < -0.4 is 10.6 Å². The van der Waals surface area contributed by atoms with Crippen LogP contribution in [0.15, 0.2) is 17.1 Å². The molecule has 0 aromatic heterocycles. The number of carboxylic acids is 1. The highest BCUT2D eigenvalue weighted by Gasteiger charge is 2.36. The summed E-state index contributed by atoms with van der Waals surface area (Å²) in [6.45, 7) is 1.37. The van der Waals surface area contributed by atoms with Crippen molar-refractivity contribution >= 4 is 11.7 Å².